The SMILES string of the molecule is CCOC(=O)c1cc(C(=O)c2ccccc2O)cc2c1cc1ccccn12. The zero-order chi connectivity index (χ0) is 19.0. The van der Waals surface area contributed by atoms with E-state index in [9.17, 15) is 14.7 Å². The van der Waals surface area contributed by atoms with E-state index >= 15 is 0 Å². The number of phenols is 1. The maximum atomic E-state index is 13.0. The highest BCUT2D eigenvalue weighted by Gasteiger charge is 2.20. The molecule has 0 fully saturated rings. The molecule has 27 heavy (non-hydrogen) atoms. The number of ketones is 1. The molecule has 2 aromatic heterocycles. The molecule has 4 rings (SSSR count). The summed E-state index contributed by atoms with van der Waals surface area (Å²) in [6.45, 7) is 1.98. The molecule has 5 heteroatoms. The van der Waals surface area contributed by atoms with Crippen LogP contribution < -0.4 is 0 Å². The fraction of sp³-hybridized carbons (Fsp3) is 0.0909. The quantitative estimate of drug-likeness (QED) is 0.438. The molecule has 5 nitrogen and oxygen atoms in total. The number of esters is 1. The molecular formula is C22H17NO4. The fourth-order valence-electron chi connectivity index (χ4n) is 3.26. The standard InChI is InChI=1S/C22H17NO4/c1-2-27-22(26)18-11-14(21(25)16-8-3-4-9-20(16)24)12-19-17(18)13-15-7-5-6-10-23(15)19/h3-13,24H,2H2,1H3. The summed E-state index contributed by atoms with van der Waals surface area (Å²) in [5.41, 5.74) is 2.47. The maximum absolute atomic E-state index is 13.0. The van der Waals surface area contributed by atoms with Crippen molar-refractivity contribution in [1.29, 1.82) is 0 Å². The van der Waals surface area contributed by atoms with Crippen LogP contribution in [-0.2, 0) is 4.74 Å². The van der Waals surface area contributed by atoms with Crippen LogP contribution in [0.2, 0.25) is 0 Å². The van der Waals surface area contributed by atoms with Gasteiger partial charge in [0.25, 0.3) is 0 Å². The molecule has 0 aliphatic rings. The van der Waals surface area contributed by atoms with Gasteiger partial charge in [-0.1, -0.05) is 18.2 Å². The van der Waals surface area contributed by atoms with Crippen LogP contribution >= 0.6 is 0 Å². The van der Waals surface area contributed by atoms with Crippen molar-refractivity contribution in [2.24, 2.45) is 0 Å². The summed E-state index contributed by atoms with van der Waals surface area (Å²) in [7, 11) is 0. The minimum absolute atomic E-state index is 0.0969. The summed E-state index contributed by atoms with van der Waals surface area (Å²) >= 11 is 0. The molecule has 0 atom stereocenters. The number of carbonyl (C=O) groups is 2. The highest BCUT2D eigenvalue weighted by molar-refractivity contribution is 6.15. The predicted molar refractivity (Wildman–Crippen MR) is 102 cm³/mol. The Balaban J connectivity index is 1.99. The molecule has 0 spiro atoms. The number of benzene rings is 2. The summed E-state index contributed by atoms with van der Waals surface area (Å²) in [4.78, 5) is 25.5. The minimum atomic E-state index is -0.481. The van der Waals surface area contributed by atoms with Gasteiger partial charge < -0.3 is 14.2 Å². The molecule has 0 bridgehead atoms. The summed E-state index contributed by atoms with van der Waals surface area (Å²) in [5, 5.41) is 10.7. The number of rotatable bonds is 4. The number of hydrogen-bond donors (Lipinski definition) is 1. The van der Waals surface area contributed by atoms with Crippen molar-refractivity contribution in [3.63, 3.8) is 0 Å². The lowest BCUT2D eigenvalue weighted by Crippen LogP contribution is -2.08. The van der Waals surface area contributed by atoms with Crippen molar-refractivity contribution in [3.8, 4) is 5.75 Å². The van der Waals surface area contributed by atoms with Gasteiger partial charge in [0.1, 0.15) is 5.75 Å². The molecule has 0 unspecified atom stereocenters. The Bertz CT molecular complexity index is 1190. The summed E-state index contributed by atoms with van der Waals surface area (Å²) in [6, 6.07) is 17.3. The largest absolute Gasteiger partial charge is 0.507 e. The average molecular weight is 359 g/mol. The van der Waals surface area contributed by atoms with Crippen molar-refractivity contribution >= 4 is 28.2 Å². The first kappa shape index (κ1) is 16.8. The van der Waals surface area contributed by atoms with Gasteiger partial charge in [-0.3, -0.25) is 4.79 Å². The number of aromatic hydroxyl groups is 1. The first-order chi connectivity index (χ1) is 13.1. The average Bonchev–Trinajstić information content (AvgIpc) is 3.06. The van der Waals surface area contributed by atoms with Gasteiger partial charge in [0.05, 0.1) is 23.3 Å². The van der Waals surface area contributed by atoms with Gasteiger partial charge in [-0.15, -0.1) is 0 Å². The molecule has 2 aromatic carbocycles. The van der Waals surface area contributed by atoms with E-state index in [1.165, 1.54) is 12.1 Å². The minimum Gasteiger partial charge on any atom is -0.507 e. The summed E-state index contributed by atoms with van der Waals surface area (Å²) in [5.74, 6) is -0.933. The van der Waals surface area contributed by atoms with Crippen molar-refractivity contribution < 1.29 is 19.4 Å². The molecule has 0 saturated carbocycles. The molecule has 134 valence electrons. The molecule has 4 aromatic rings. The fourth-order valence-corrected chi connectivity index (χ4v) is 3.26. The second-order valence-corrected chi connectivity index (χ2v) is 6.16. The Kier molecular flexibility index (Phi) is 4.12. The number of fused-ring (bicyclic) bond motifs is 3. The first-order valence-corrected chi connectivity index (χ1v) is 8.64. The lowest BCUT2D eigenvalue weighted by Gasteiger charge is -2.09. The normalized spacial score (nSPS) is 11.0. The molecule has 0 aliphatic carbocycles. The lowest BCUT2D eigenvalue weighted by molar-refractivity contribution is 0.0528. The molecule has 2 heterocycles. The Morgan fingerprint density at radius 1 is 1.00 bits per heavy atom. The Hall–Kier alpha value is -3.60. The van der Waals surface area contributed by atoms with Crippen LogP contribution in [-0.4, -0.2) is 27.9 Å². The third-order valence-electron chi connectivity index (χ3n) is 4.51. The summed E-state index contributed by atoms with van der Waals surface area (Å²) < 4.78 is 7.10. The van der Waals surface area contributed by atoms with E-state index in [1.807, 2.05) is 34.9 Å². The molecule has 0 amide bonds. The first-order valence-electron chi connectivity index (χ1n) is 8.64. The smallest absolute Gasteiger partial charge is 0.338 e. The number of ether oxygens (including phenoxy) is 1. The van der Waals surface area contributed by atoms with E-state index in [-0.39, 0.29) is 23.7 Å². The molecule has 0 saturated heterocycles. The number of aromatic nitrogens is 1. The van der Waals surface area contributed by atoms with Gasteiger partial charge in [0.2, 0.25) is 0 Å². The van der Waals surface area contributed by atoms with Crippen LogP contribution in [0.4, 0.5) is 0 Å². The maximum Gasteiger partial charge on any atom is 0.338 e. The van der Waals surface area contributed by atoms with E-state index in [4.69, 9.17) is 4.74 Å². The highest BCUT2D eigenvalue weighted by atomic mass is 16.5. The monoisotopic (exact) mass is 359 g/mol. The number of phenolic OH excluding ortho intramolecular Hbond substituents is 1. The van der Waals surface area contributed by atoms with E-state index in [1.54, 1.807) is 31.2 Å². The second-order valence-electron chi connectivity index (χ2n) is 6.16. The van der Waals surface area contributed by atoms with Gasteiger partial charge in [-0.05, 0) is 49.4 Å². The highest BCUT2D eigenvalue weighted by Crippen LogP contribution is 2.28. The van der Waals surface area contributed by atoms with E-state index < -0.39 is 5.97 Å². The van der Waals surface area contributed by atoms with Gasteiger partial charge in [-0.2, -0.15) is 0 Å². The second kappa shape index (κ2) is 6.61. The van der Waals surface area contributed by atoms with Crippen LogP contribution in [0.15, 0.2) is 66.9 Å². The molecule has 0 radical (unpaired) electrons. The number of pyridine rings is 1. The van der Waals surface area contributed by atoms with Crippen molar-refractivity contribution in [2.75, 3.05) is 6.61 Å². The van der Waals surface area contributed by atoms with Crippen molar-refractivity contribution in [3.05, 3.63) is 83.6 Å². The van der Waals surface area contributed by atoms with Crippen LogP contribution in [0.3, 0.4) is 0 Å². The van der Waals surface area contributed by atoms with Crippen LogP contribution in [0.5, 0.6) is 5.75 Å². The Morgan fingerprint density at radius 3 is 2.56 bits per heavy atom. The zero-order valence-corrected chi connectivity index (χ0v) is 14.7. The van der Waals surface area contributed by atoms with Gasteiger partial charge >= 0.3 is 5.97 Å². The summed E-state index contributed by atoms with van der Waals surface area (Å²) in [6.07, 6.45) is 1.88. The van der Waals surface area contributed by atoms with Crippen LogP contribution in [0, 0.1) is 0 Å². The number of nitrogens with zero attached hydrogens (tertiary/aromatic N) is 1. The number of carbonyl (C=O) groups excluding carboxylic acids is 2. The Morgan fingerprint density at radius 2 is 1.78 bits per heavy atom. The van der Waals surface area contributed by atoms with E-state index in [0.29, 0.717) is 16.5 Å². The lowest BCUT2D eigenvalue weighted by atomic mass is 9.98. The topological polar surface area (TPSA) is 68.0 Å². The van der Waals surface area contributed by atoms with E-state index in [0.717, 1.165) is 11.0 Å². The van der Waals surface area contributed by atoms with Crippen LogP contribution in [0.25, 0.3) is 16.4 Å². The number of para-hydroxylation sites is 1. The van der Waals surface area contributed by atoms with E-state index in [2.05, 4.69) is 0 Å². The zero-order valence-electron chi connectivity index (χ0n) is 14.7. The molecule has 1 N–H and O–H groups in total. The van der Waals surface area contributed by atoms with Crippen molar-refractivity contribution in [2.45, 2.75) is 6.92 Å². The number of hydrogen-bond acceptors (Lipinski definition) is 4. The Labute approximate surface area is 155 Å². The van der Waals surface area contributed by atoms with Gasteiger partial charge in [-0.25, -0.2) is 4.79 Å². The van der Waals surface area contributed by atoms with Gasteiger partial charge in [0, 0.05) is 22.7 Å². The van der Waals surface area contributed by atoms with Crippen LogP contribution in [0.1, 0.15) is 33.2 Å². The van der Waals surface area contributed by atoms with Crippen molar-refractivity contribution in [1.82, 2.24) is 4.40 Å². The third-order valence-corrected chi connectivity index (χ3v) is 4.51. The third kappa shape index (κ3) is 2.83. The predicted octanol–water partition coefficient (Wildman–Crippen LogP) is 4.21. The molecule has 0 aliphatic heterocycles. The van der Waals surface area contributed by atoms with Gasteiger partial charge in [0.15, 0.2) is 5.78 Å². The molecular weight excluding hydrogens is 342 g/mol.